The standard InChI is InChI=1S/C18H21N3OS.2ClH/c22-17(21-8-5-18(6-9-21)4-7-19-12-18)15-3-1-2-14(10-15)16-11-23-13-20-16;;/h1-3,10-11,13,19H,4-9,12H2;2*1H. The number of thiazole rings is 1. The summed E-state index contributed by atoms with van der Waals surface area (Å²) < 4.78 is 0. The van der Waals surface area contributed by atoms with Crippen molar-refractivity contribution in [2.45, 2.75) is 19.3 Å². The minimum atomic E-state index is 0. The zero-order valence-electron chi connectivity index (χ0n) is 13.9. The number of hydrogen-bond acceptors (Lipinski definition) is 4. The number of benzene rings is 1. The molecular formula is C18H23Cl2N3OS. The van der Waals surface area contributed by atoms with Crippen molar-refractivity contribution < 1.29 is 4.79 Å². The van der Waals surface area contributed by atoms with Crippen LogP contribution in [0, 0.1) is 5.41 Å². The molecule has 25 heavy (non-hydrogen) atoms. The average Bonchev–Trinajstić information content (AvgIpc) is 3.28. The fourth-order valence-electron chi connectivity index (χ4n) is 3.76. The van der Waals surface area contributed by atoms with Crippen LogP contribution in [0.1, 0.15) is 29.6 Å². The molecule has 2 aromatic rings. The molecule has 1 aromatic carbocycles. The molecule has 4 rings (SSSR count). The minimum absolute atomic E-state index is 0. The van der Waals surface area contributed by atoms with Crippen molar-refractivity contribution in [1.29, 1.82) is 0 Å². The molecule has 1 amide bonds. The summed E-state index contributed by atoms with van der Waals surface area (Å²) in [6, 6.07) is 7.86. The number of aromatic nitrogens is 1. The van der Waals surface area contributed by atoms with Crippen molar-refractivity contribution in [2.24, 2.45) is 5.41 Å². The van der Waals surface area contributed by atoms with Crippen LogP contribution < -0.4 is 5.32 Å². The molecule has 4 nitrogen and oxygen atoms in total. The molecule has 7 heteroatoms. The molecule has 136 valence electrons. The Bertz CT molecular complexity index is 692. The third-order valence-corrected chi connectivity index (χ3v) is 5.87. The fourth-order valence-corrected chi connectivity index (χ4v) is 4.32. The molecule has 2 saturated heterocycles. The van der Waals surface area contributed by atoms with Crippen LogP contribution in [0.5, 0.6) is 0 Å². The van der Waals surface area contributed by atoms with Crippen molar-refractivity contribution in [1.82, 2.24) is 15.2 Å². The first kappa shape index (κ1) is 20.2. The van der Waals surface area contributed by atoms with E-state index >= 15 is 0 Å². The number of rotatable bonds is 2. The number of likely N-dealkylation sites (tertiary alicyclic amines) is 1. The van der Waals surface area contributed by atoms with E-state index in [0.29, 0.717) is 5.41 Å². The summed E-state index contributed by atoms with van der Waals surface area (Å²) in [7, 11) is 0. The maximum atomic E-state index is 12.8. The summed E-state index contributed by atoms with van der Waals surface area (Å²) >= 11 is 1.58. The largest absolute Gasteiger partial charge is 0.339 e. The first-order chi connectivity index (χ1) is 11.3. The van der Waals surface area contributed by atoms with Gasteiger partial charge >= 0.3 is 0 Å². The van der Waals surface area contributed by atoms with Crippen LogP contribution in [-0.4, -0.2) is 42.0 Å². The Balaban J connectivity index is 0.00000113. The molecule has 2 aliphatic heterocycles. The Morgan fingerprint density at radius 2 is 2.00 bits per heavy atom. The first-order valence-corrected chi connectivity index (χ1v) is 9.19. The molecule has 0 saturated carbocycles. The van der Waals surface area contributed by atoms with Crippen molar-refractivity contribution in [3.8, 4) is 11.3 Å². The van der Waals surface area contributed by atoms with E-state index in [-0.39, 0.29) is 30.7 Å². The number of hydrogen-bond donors (Lipinski definition) is 1. The summed E-state index contributed by atoms with van der Waals surface area (Å²) in [6.07, 6.45) is 3.50. The van der Waals surface area contributed by atoms with E-state index in [1.165, 1.54) is 6.42 Å². The smallest absolute Gasteiger partial charge is 0.253 e. The Hall–Kier alpha value is -1.14. The predicted molar refractivity (Wildman–Crippen MR) is 107 cm³/mol. The summed E-state index contributed by atoms with van der Waals surface area (Å²) in [5.74, 6) is 0.155. The fraction of sp³-hybridized carbons (Fsp3) is 0.444. The molecule has 3 heterocycles. The molecule has 0 aliphatic carbocycles. The van der Waals surface area contributed by atoms with E-state index in [9.17, 15) is 4.79 Å². The molecule has 0 unspecified atom stereocenters. The van der Waals surface area contributed by atoms with Gasteiger partial charge in [0.25, 0.3) is 5.91 Å². The lowest BCUT2D eigenvalue weighted by atomic mass is 9.78. The van der Waals surface area contributed by atoms with E-state index in [0.717, 1.165) is 55.8 Å². The van der Waals surface area contributed by atoms with Crippen molar-refractivity contribution in [2.75, 3.05) is 26.2 Å². The van der Waals surface area contributed by atoms with Crippen molar-refractivity contribution in [3.63, 3.8) is 0 Å². The number of halogens is 2. The molecule has 0 radical (unpaired) electrons. The highest BCUT2D eigenvalue weighted by Crippen LogP contribution is 2.37. The normalized spacial score (nSPS) is 18.5. The molecule has 1 spiro atoms. The van der Waals surface area contributed by atoms with Gasteiger partial charge in [-0.2, -0.15) is 0 Å². The summed E-state index contributed by atoms with van der Waals surface area (Å²) in [4.78, 5) is 19.2. The van der Waals surface area contributed by atoms with Crippen molar-refractivity contribution >= 4 is 42.1 Å². The SMILES string of the molecule is Cl.Cl.O=C(c1cccc(-c2cscn2)c1)N1CCC2(CCNC2)CC1. The number of nitrogens with one attached hydrogen (secondary N) is 1. The van der Waals surface area contributed by atoms with Gasteiger partial charge in [-0.3, -0.25) is 4.79 Å². The third-order valence-electron chi connectivity index (χ3n) is 5.28. The zero-order valence-corrected chi connectivity index (χ0v) is 16.4. The van der Waals surface area contributed by atoms with Gasteiger partial charge in [0.05, 0.1) is 11.2 Å². The van der Waals surface area contributed by atoms with Gasteiger partial charge in [0, 0.05) is 36.1 Å². The maximum absolute atomic E-state index is 12.8. The Labute approximate surface area is 164 Å². The van der Waals surface area contributed by atoms with Gasteiger partial charge in [0.15, 0.2) is 0 Å². The van der Waals surface area contributed by atoms with Gasteiger partial charge in [0.2, 0.25) is 0 Å². The molecule has 0 atom stereocenters. The monoisotopic (exact) mass is 399 g/mol. The van der Waals surface area contributed by atoms with Crippen LogP contribution in [-0.2, 0) is 0 Å². The number of carbonyl (C=O) groups is 1. The minimum Gasteiger partial charge on any atom is -0.339 e. The molecular weight excluding hydrogens is 377 g/mol. The number of amides is 1. The van der Waals surface area contributed by atoms with E-state index in [2.05, 4.69) is 10.3 Å². The van der Waals surface area contributed by atoms with Crippen LogP contribution in [0.25, 0.3) is 11.3 Å². The number of carbonyl (C=O) groups excluding carboxylic acids is 1. The predicted octanol–water partition coefficient (Wildman–Crippen LogP) is 3.87. The molecule has 2 aliphatic rings. The van der Waals surface area contributed by atoms with E-state index in [1.54, 1.807) is 11.3 Å². The second-order valence-corrected chi connectivity index (χ2v) is 7.39. The summed E-state index contributed by atoms with van der Waals surface area (Å²) in [5, 5.41) is 5.49. The van der Waals surface area contributed by atoms with Gasteiger partial charge in [0.1, 0.15) is 0 Å². The Kier molecular flexibility index (Phi) is 6.86. The second kappa shape index (κ2) is 8.49. The van der Waals surface area contributed by atoms with Gasteiger partial charge in [-0.15, -0.1) is 36.2 Å². The Morgan fingerprint density at radius 3 is 2.64 bits per heavy atom. The van der Waals surface area contributed by atoms with Crippen LogP contribution in [0.4, 0.5) is 0 Å². The highest BCUT2D eigenvalue weighted by molar-refractivity contribution is 7.07. The van der Waals surface area contributed by atoms with Gasteiger partial charge in [-0.1, -0.05) is 12.1 Å². The molecule has 1 aromatic heterocycles. The van der Waals surface area contributed by atoms with Gasteiger partial charge < -0.3 is 10.2 Å². The zero-order chi connectivity index (χ0) is 15.7. The molecule has 1 N–H and O–H groups in total. The highest BCUT2D eigenvalue weighted by Gasteiger charge is 2.38. The summed E-state index contributed by atoms with van der Waals surface area (Å²) in [6.45, 7) is 4.00. The topological polar surface area (TPSA) is 45.2 Å². The molecule has 0 bridgehead atoms. The van der Waals surface area contributed by atoms with Crippen LogP contribution in [0.2, 0.25) is 0 Å². The van der Waals surface area contributed by atoms with E-state index in [1.807, 2.05) is 40.1 Å². The quantitative estimate of drug-likeness (QED) is 0.833. The second-order valence-electron chi connectivity index (χ2n) is 6.67. The lowest BCUT2D eigenvalue weighted by molar-refractivity contribution is 0.0608. The third kappa shape index (κ3) is 4.17. The summed E-state index contributed by atoms with van der Waals surface area (Å²) in [5.41, 5.74) is 5.00. The lowest BCUT2D eigenvalue weighted by Gasteiger charge is -2.39. The van der Waals surface area contributed by atoms with Crippen LogP contribution in [0.15, 0.2) is 35.2 Å². The van der Waals surface area contributed by atoms with Gasteiger partial charge in [-0.25, -0.2) is 4.98 Å². The van der Waals surface area contributed by atoms with Crippen molar-refractivity contribution in [3.05, 3.63) is 40.7 Å². The van der Waals surface area contributed by atoms with Crippen LogP contribution in [0.3, 0.4) is 0 Å². The number of nitrogens with zero attached hydrogens (tertiary/aromatic N) is 2. The van der Waals surface area contributed by atoms with E-state index < -0.39 is 0 Å². The number of piperidine rings is 1. The average molecular weight is 400 g/mol. The van der Waals surface area contributed by atoms with Crippen LogP contribution >= 0.6 is 36.2 Å². The maximum Gasteiger partial charge on any atom is 0.253 e. The first-order valence-electron chi connectivity index (χ1n) is 8.24. The van der Waals surface area contributed by atoms with Gasteiger partial charge in [-0.05, 0) is 43.4 Å². The highest BCUT2D eigenvalue weighted by atomic mass is 35.5. The Morgan fingerprint density at radius 1 is 1.20 bits per heavy atom. The van der Waals surface area contributed by atoms with E-state index in [4.69, 9.17) is 0 Å². The molecule has 2 fully saturated rings. The lowest BCUT2D eigenvalue weighted by Crippen LogP contribution is -2.44.